The highest BCUT2D eigenvalue weighted by Crippen LogP contribution is 2.12. The molecule has 0 fully saturated rings. The van der Waals surface area contributed by atoms with Gasteiger partial charge in [-0.3, -0.25) is 0 Å². The molecule has 1 aromatic rings. The lowest BCUT2D eigenvalue weighted by molar-refractivity contribution is 0.0874. The highest BCUT2D eigenvalue weighted by atomic mass is 32.1. The van der Waals surface area contributed by atoms with Crippen LogP contribution in [0.2, 0.25) is 0 Å². The molecule has 1 N–H and O–H groups in total. The molecule has 0 amide bonds. The molecule has 0 bridgehead atoms. The SMILES string of the molecule is CCCC(C)COCc1csc(CNCC)n1. The van der Waals surface area contributed by atoms with Crippen LogP contribution in [0.5, 0.6) is 0 Å². The summed E-state index contributed by atoms with van der Waals surface area (Å²) >= 11 is 1.70. The van der Waals surface area contributed by atoms with E-state index in [4.69, 9.17) is 4.74 Å². The van der Waals surface area contributed by atoms with Crippen molar-refractivity contribution < 1.29 is 4.74 Å². The van der Waals surface area contributed by atoms with Crippen molar-refractivity contribution in [3.05, 3.63) is 16.1 Å². The van der Waals surface area contributed by atoms with Crippen molar-refractivity contribution in [2.45, 2.75) is 46.8 Å². The summed E-state index contributed by atoms with van der Waals surface area (Å²) in [4.78, 5) is 4.52. The fourth-order valence-corrected chi connectivity index (χ4v) is 2.42. The van der Waals surface area contributed by atoms with E-state index in [0.29, 0.717) is 12.5 Å². The number of nitrogens with zero attached hydrogens (tertiary/aromatic N) is 1. The summed E-state index contributed by atoms with van der Waals surface area (Å²) in [6.45, 7) is 9.90. The molecule has 0 aliphatic rings. The number of rotatable bonds is 9. The second kappa shape index (κ2) is 8.61. The average molecular weight is 256 g/mol. The Morgan fingerprint density at radius 3 is 3.00 bits per heavy atom. The Kier molecular flexibility index (Phi) is 7.40. The highest BCUT2D eigenvalue weighted by Gasteiger charge is 2.04. The lowest BCUT2D eigenvalue weighted by Crippen LogP contribution is -2.11. The van der Waals surface area contributed by atoms with Crippen LogP contribution in [0.25, 0.3) is 0 Å². The van der Waals surface area contributed by atoms with Gasteiger partial charge in [-0.2, -0.15) is 0 Å². The third-order valence-electron chi connectivity index (χ3n) is 2.56. The van der Waals surface area contributed by atoms with Crippen molar-refractivity contribution in [1.29, 1.82) is 0 Å². The van der Waals surface area contributed by atoms with Gasteiger partial charge in [0.15, 0.2) is 0 Å². The van der Waals surface area contributed by atoms with Crippen LogP contribution in [0.3, 0.4) is 0 Å². The standard InChI is InChI=1S/C13H24N2OS/c1-4-6-11(3)8-16-9-12-10-17-13(15-12)7-14-5-2/h10-11,14H,4-9H2,1-3H3. The zero-order valence-electron chi connectivity index (χ0n) is 11.2. The summed E-state index contributed by atoms with van der Waals surface area (Å²) in [6, 6.07) is 0. The van der Waals surface area contributed by atoms with Crippen molar-refractivity contribution in [2.75, 3.05) is 13.2 Å². The Morgan fingerprint density at radius 1 is 1.47 bits per heavy atom. The first-order valence-corrected chi connectivity index (χ1v) is 7.35. The average Bonchev–Trinajstić information content (AvgIpc) is 2.75. The van der Waals surface area contributed by atoms with Crippen LogP contribution in [0.4, 0.5) is 0 Å². The monoisotopic (exact) mass is 256 g/mol. The molecule has 1 heterocycles. The van der Waals surface area contributed by atoms with Crippen molar-refractivity contribution in [2.24, 2.45) is 5.92 Å². The van der Waals surface area contributed by atoms with E-state index >= 15 is 0 Å². The fraction of sp³-hybridized carbons (Fsp3) is 0.769. The minimum Gasteiger partial charge on any atom is -0.375 e. The van der Waals surface area contributed by atoms with Crippen LogP contribution in [-0.4, -0.2) is 18.1 Å². The molecule has 17 heavy (non-hydrogen) atoms. The van der Waals surface area contributed by atoms with Crippen molar-refractivity contribution in [3.63, 3.8) is 0 Å². The first-order valence-electron chi connectivity index (χ1n) is 6.48. The Morgan fingerprint density at radius 2 is 2.29 bits per heavy atom. The number of thiazole rings is 1. The van der Waals surface area contributed by atoms with Gasteiger partial charge in [-0.25, -0.2) is 4.98 Å². The molecule has 0 aliphatic carbocycles. The Hall–Kier alpha value is -0.450. The first-order chi connectivity index (χ1) is 8.26. The van der Waals surface area contributed by atoms with Gasteiger partial charge >= 0.3 is 0 Å². The second-order valence-corrected chi connectivity index (χ2v) is 5.36. The summed E-state index contributed by atoms with van der Waals surface area (Å²) in [5, 5.41) is 6.52. The Labute approximate surface area is 109 Å². The summed E-state index contributed by atoms with van der Waals surface area (Å²) in [7, 11) is 0. The van der Waals surface area contributed by atoms with Crippen molar-refractivity contribution >= 4 is 11.3 Å². The van der Waals surface area contributed by atoms with Crippen LogP contribution in [0, 0.1) is 5.92 Å². The van der Waals surface area contributed by atoms with Gasteiger partial charge in [0.1, 0.15) is 5.01 Å². The van der Waals surface area contributed by atoms with E-state index in [1.165, 1.54) is 12.8 Å². The molecular formula is C13H24N2OS. The molecule has 3 nitrogen and oxygen atoms in total. The van der Waals surface area contributed by atoms with E-state index < -0.39 is 0 Å². The predicted molar refractivity (Wildman–Crippen MR) is 73.2 cm³/mol. The van der Waals surface area contributed by atoms with Gasteiger partial charge in [0.05, 0.1) is 12.3 Å². The number of hydrogen-bond donors (Lipinski definition) is 1. The molecular weight excluding hydrogens is 232 g/mol. The summed E-state index contributed by atoms with van der Waals surface area (Å²) in [6.07, 6.45) is 2.47. The third-order valence-corrected chi connectivity index (χ3v) is 3.46. The van der Waals surface area contributed by atoms with E-state index in [1.54, 1.807) is 11.3 Å². The molecule has 4 heteroatoms. The molecule has 1 rings (SSSR count). The fourth-order valence-electron chi connectivity index (χ4n) is 1.67. The van der Waals surface area contributed by atoms with Gasteiger partial charge in [0.25, 0.3) is 0 Å². The molecule has 1 aromatic heterocycles. The van der Waals surface area contributed by atoms with Gasteiger partial charge in [-0.05, 0) is 18.9 Å². The molecule has 98 valence electrons. The van der Waals surface area contributed by atoms with Crippen LogP contribution < -0.4 is 5.32 Å². The van der Waals surface area contributed by atoms with Gasteiger partial charge in [0.2, 0.25) is 0 Å². The van der Waals surface area contributed by atoms with Crippen molar-refractivity contribution in [3.8, 4) is 0 Å². The molecule has 1 unspecified atom stereocenters. The molecule has 0 radical (unpaired) electrons. The minimum absolute atomic E-state index is 0.649. The quantitative estimate of drug-likeness (QED) is 0.736. The maximum Gasteiger partial charge on any atom is 0.107 e. The van der Waals surface area contributed by atoms with E-state index in [0.717, 1.165) is 30.4 Å². The largest absolute Gasteiger partial charge is 0.375 e. The number of ether oxygens (including phenoxy) is 1. The van der Waals surface area contributed by atoms with Gasteiger partial charge in [0, 0.05) is 18.5 Å². The van der Waals surface area contributed by atoms with Crippen LogP contribution >= 0.6 is 11.3 Å². The van der Waals surface area contributed by atoms with Gasteiger partial charge < -0.3 is 10.1 Å². The van der Waals surface area contributed by atoms with Crippen LogP contribution in [0.15, 0.2) is 5.38 Å². The number of nitrogens with one attached hydrogen (secondary N) is 1. The van der Waals surface area contributed by atoms with E-state index in [2.05, 4.69) is 36.5 Å². The molecule has 0 spiro atoms. The lowest BCUT2D eigenvalue weighted by Gasteiger charge is -2.09. The van der Waals surface area contributed by atoms with E-state index in [-0.39, 0.29) is 0 Å². The minimum atomic E-state index is 0.649. The Bertz CT molecular complexity index is 301. The van der Waals surface area contributed by atoms with Gasteiger partial charge in [-0.15, -0.1) is 11.3 Å². The van der Waals surface area contributed by atoms with Gasteiger partial charge in [-0.1, -0.05) is 27.2 Å². The number of hydrogen-bond acceptors (Lipinski definition) is 4. The zero-order valence-corrected chi connectivity index (χ0v) is 12.0. The second-order valence-electron chi connectivity index (χ2n) is 4.42. The summed E-state index contributed by atoms with van der Waals surface area (Å²) in [5.74, 6) is 0.653. The lowest BCUT2D eigenvalue weighted by atomic mass is 10.1. The van der Waals surface area contributed by atoms with E-state index in [1.807, 2.05) is 0 Å². The topological polar surface area (TPSA) is 34.1 Å². The number of aromatic nitrogens is 1. The van der Waals surface area contributed by atoms with Crippen LogP contribution in [-0.2, 0) is 17.9 Å². The van der Waals surface area contributed by atoms with Crippen LogP contribution in [0.1, 0.15) is 44.3 Å². The summed E-state index contributed by atoms with van der Waals surface area (Å²) < 4.78 is 5.68. The first kappa shape index (κ1) is 14.6. The highest BCUT2D eigenvalue weighted by molar-refractivity contribution is 7.09. The predicted octanol–water partition coefficient (Wildman–Crippen LogP) is 3.21. The zero-order chi connectivity index (χ0) is 12.5. The Balaban J connectivity index is 2.20. The van der Waals surface area contributed by atoms with Crippen molar-refractivity contribution in [1.82, 2.24) is 10.3 Å². The molecule has 0 aromatic carbocycles. The molecule has 0 aliphatic heterocycles. The maximum atomic E-state index is 5.68. The molecule has 0 saturated heterocycles. The maximum absolute atomic E-state index is 5.68. The third kappa shape index (κ3) is 6.15. The molecule has 0 saturated carbocycles. The molecule has 1 atom stereocenters. The smallest absolute Gasteiger partial charge is 0.107 e. The summed E-state index contributed by atoms with van der Waals surface area (Å²) in [5.41, 5.74) is 1.06. The van der Waals surface area contributed by atoms with E-state index in [9.17, 15) is 0 Å². The normalized spacial score (nSPS) is 12.9.